The van der Waals surface area contributed by atoms with Crippen molar-refractivity contribution in [1.82, 2.24) is 10.1 Å². The van der Waals surface area contributed by atoms with Gasteiger partial charge in [-0.05, 0) is 29.8 Å². The van der Waals surface area contributed by atoms with E-state index in [4.69, 9.17) is 9.26 Å². The van der Waals surface area contributed by atoms with Crippen molar-refractivity contribution in [2.75, 3.05) is 0 Å². The number of carbonyl (C=O) groups is 1. The Morgan fingerprint density at radius 2 is 2.00 bits per heavy atom. The highest BCUT2D eigenvalue weighted by Gasteiger charge is 2.18. The number of carbonyl (C=O) groups excluding carboxylic acids is 1. The van der Waals surface area contributed by atoms with Crippen molar-refractivity contribution in [3.05, 3.63) is 48.0 Å². The van der Waals surface area contributed by atoms with E-state index in [0.717, 1.165) is 0 Å². The van der Waals surface area contributed by atoms with Crippen molar-refractivity contribution >= 4 is 5.97 Å². The number of phenols is 1. The molecular weight excluding hydrogens is 312 g/mol. The van der Waals surface area contributed by atoms with E-state index in [1.807, 2.05) is 0 Å². The van der Waals surface area contributed by atoms with Gasteiger partial charge in [0.1, 0.15) is 11.5 Å². The second-order valence-corrected chi connectivity index (χ2v) is 5.02. The fraction of sp³-hybridized carbons (Fsp3) is 0.118. The second kappa shape index (κ2) is 6.51. The summed E-state index contributed by atoms with van der Waals surface area (Å²) in [5.41, 5.74) is 1.42. The molecule has 0 amide bonds. The topological polar surface area (TPSA) is 106 Å². The van der Waals surface area contributed by atoms with Crippen LogP contribution in [0.15, 0.2) is 47.0 Å². The lowest BCUT2D eigenvalue weighted by molar-refractivity contribution is -0.131. The number of aromatic hydroxyl groups is 1. The summed E-state index contributed by atoms with van der Waals surface area (Å²) in [5, 5.41) is 22.9. The highest BCUT2D eigenvalue weighted by molar-refractivity contribution is 5.75. The summed E-state index contributed by atoms with van der Waals surface area (Å²) in [6.07, 6.45) is 0. The summed E-state index contributed by atoms with van der Waals surface area (Å²) in [4.78, 5) is 15.5. The van der Waals surface area contributed by atoms with Crippen LogP contribution < -0.4 is 4.74 Å². The Morgan fingerprint density at radius 1 is 1.21 bits per heavy atom. The van der Waals surface area contributed by atoms with Gasteiger partial charge >= 0.3 is 5.97 Å². The standard InChI is InChI=1S/C17H14N2O5/c1-10(21)23-15-8-11(9-20)6-7-13(15)17-18-16(19-24-17)12-4-2-3-5-14(12)22/h2-8,20,22H,9H2,1H3. The number of ether oxygens (including phenoxy) is 1. The summed E-state index contributed by atoms with van der Waals surface area (Å²) in [6, 6.07) is 11.4. The van der Waals surface area contributed by atoms with E-state index in [-0.39, 0.29) is 29.8 Å². The maximum atomic E-state index is 11.3. The fourth-order valence-electron chi connectivity index (χ4n) is 2.19. The molecule has 0 bridgehead atoms. The number of benzene rings is 2. The third kappa shape index (κ3) is 3.11. The van der Waals surface area contributed by atoms with Crippen LogP contribution in [-0.2, 0) is 11.4 Å². The molecule has 0 saturated heterocycles. The monoisotopic (exact) mass is 326 g/mol. The zero-order chi connectivity index (χ0) is 17.1. The smallest absolute Gasteiger partial charge is 0.308 e. The normalized spacial score (nSPS) is 10.6. The third-order valence-electron chi connectivity index (χ3n) is 3.28. The van der Waals surface area contributed by atoms with E-state index in [1.54, 1.807) is 30.3 Å². The minimum atomic E-state index is -0.508. The lowest BCUT2D eigenvalue weighted by Gasteiger charge is -2.07. The largest absolute Gasteiger partial charge is 0.507 e. The number of aliphatic hydroxyl groups is 1. The van der Waals surface area contributed by atoms with E-state index in [9.17, 15) is 15.0 Å². The van der Waals surface area contributed by atoms with Gasteiger partial charge in [-0.2, -0.15) is 4.98 Å². The van der Waals surface area contributed by atoms with E-state index >= 15 is 0 Å². The van der Waals surface area contributed by atoms with Crippen LogP contribution in [0.4, 0.5) is 0 Å². The van der Waals surface area contributed by atoms with Crippen LogP contribution in [0.5, 0.6) is 11.5 Å². The molecular formula is C17H14N2O5. The first-order valence-corrected chi connectivity index (χ1v) is 7.13. The SMILES string of the molecule is CC(=O)Oc1cc(CO)ccc1-c1nc(-c2ccccc2O)no1. The Bertz CT molecular complexity index is 888. The van der Waals surface area contributed by atoms with Crippen molar-refractivity contribution in [3.63, 3.8) is 0 Å². The van der Waals surface area contributed by atoms with Gasteiger partial charge in [0.25, 0.3) is 5.89 Å². The van der Waals surface area contributed by atoms with Gasteiger partial charge < -0.3 is 19.5 Å². The zero-order valence-electron chi connectivity index (χ0n) is 12.8. The average Bonchev–Trinajstić information content (AvgIpc) is 3.04. The van der Waals surface area contributed by atoms with E-state index in [0.29, 0.717) is 16.7 Å². The predicted octanol–water partition coefficient (Wildman–Crippen LogP) is 2.53. The number of hydrogen-bond acceptors (Lipinski definition) is 7. The summed E-state index contributed by atoms with van der Waals surface area (Å²) < 4.78 is 10.4. The van der Waals surface area contributed by atoms with Crippen molar-refractivity contribution < 1.29 is 24.3 Å². The maximum absolute atomic E-state index is 11.3. The summed E-state index contributed by atoms with van der Waals surface area (Å²) >= 11 is 0. The van der Waals surface area contributed by atoms with Gasteiger partial charge in [0, 0.05) is 6.92 Å². The van der Waals surface area contributed by atoms with Crippen molar-refractivity contribution in [1.29, 1.82) is 0 Å². The Kier molecular flexibility index (Phi) is 4.26. The molecule has 0 aliphatic heterocycles. The molecule has 2 N–H and O–H groups in total. The first kappa shape index (κ1) is 15.7. The van der Waals surface area contributed by atoms with Gasteiger partial charge in [0.05, 0.1) is 17.7 Å². The lowest BCUT2D eigenvalue weighted by Crippen LogP contribution is -2.03. The van der Waals surface area contributed by atoms with E-state index in [2.05, 4.69) is 10.1 Å². The quantitative estimate of drug-likeness (QED) is 0.560. The van der Waals surface area contributed by atoms with E-state index in [1.165, 1.54) is 19.1 Å². The average molecular weight is 326 g/mol. The van der Waals surface area contributed by atoms with Gasteiger partial charge in [-0.15, -0.1) is 0 Å². The molecule has 2 aromatic carbocycles. The minimum Gasteiger partial charge on any atom is -0.507 e. The molecule has 7 heteroatoms. The molecule has 0 spiro atoms. The Morgan fingerprint density at radius 3 is 2.71 bits per heavy atom. The molecule has 0 unspecified atom stereocenters. The Hall–Kier alpha value is -3.19. The van der Waals surface area contributed by atoms with Crippen LogP contribution in [0.25, 0.3) is 22.8 Å². The summed E-state index contributed by atoms with van der Waals surface area (Å²) in [7, 11) is 0. The van der Waals surface area contributed by atoms with Crippen LogP contribution in [0.2, 0.25) is 0 Å². The van der Waals surface area contributed by atoms with Gasteiger partial charge in [-0.25, -0.2) is 0 Å². The van der Waals surface area contributed by atoms with Gasteiger partial charge in [0.15, 0.2) is 0 Å². The first-order valence-electron chi connectivity index (χ1n) is 7.13. The highest BCUT2D eigenvalue weighted by Crippen LogP contribution is 2.33. The first-order chi connectivity index (χ1) is 11.6. The number of aromatic nitrogens is 2. The molecule has 0 saturated carbocycles. The number of rotatable bonds is 4. The van der Waals surface area contributed by atoms with Crippen molar-refractivity contribution in [2.24, 2.45) is 0 Å². The molecule has 3 rings (SSSR count). The molecule has 0 aliphatic carbocycles. The van der Waals surface area contributed by atoms with Gasteiger partial charge in [0.2, 0.25) is 5.82 Å². The van der Waals surface area contributed by atoms with E-state index < -0.39 is 5.97 Å². The number of nitrogens with zero attached hydrogens (tertiary/aromatic N) is 2. The van der Waals surface area contributed by atoms with Crippen molar-refractivity contribution in [2.45, 2.75) is 13.5 Å². The second-order valence-electron chi connectivity index (χ2n) is 5.02. The molecule has 3 aromatic rings. The number of para-hydroxylation sites is 1. The number of esters is 1. The number of hydrogen-bond donors (Lipinski definition) is 2. The highest BCUT2D eigenvalue weighted by atomic mass is 16.5. The Balaban J connectivity index is 2.04. The molecule has 122 valence electrons. The number of aliphatic hydroxyl groups excluding tert-OH is 1. The fourth-order valence-corrected chi connectivity index (χ4v) is 2.19. The molecule has 0 atom stereocenters. The molecule has 24 heavy (non-hydrogen) atoms. The third-order valence-corrected chi connectivity index (χ3v) is 3.28. The van der Waals surface area contributed by atoms with Crippen LogP contribution in [0.3, 0.4) is 0 Å². The molecule has 1 aromatic heterocycles. The van der Waals surface area contributed by atoms with Crippen LogP contribution in [0, 0.1) is 0 Å². The van der Waals surface area contributed by atoms with Crippen LogP contribution in [0.1, 0.15) is 12.5 Å². The molecule has 1 heterocycles. The maximum Gasteiger partial charge on any atom is 0.308 e. The lowest BCUT2D eigenvalue weighted by atomic mass is 10.1. The zero-order valence-corrected chi connectivity index (χ0v) is 12.8. The number of phenolic OH excluding ortho intramolecular Hbond substituents is 1. The minimum absolute atomic E-state index is 0.0284. The van der Waals surface area contributed by atoms with Gasteiger partial charge in [-0.3, -0.25) is 4.79 Å². The van der Waals surface area contributed by atoms with Crippen molar-refractivity contribution in [3.8, 4) is 34.3 Å². The molecule has 0 radical (unpaired) electrons. The summed E-state index contributed by atoms with van der Waals surface area (Å²) in [6.45, 7) is 1.08. The summed E-state index contributed by atoms with van der Waals surface area (Å²) in [5.74, 6) is 0.0751. The van der Waals surface area contributed by atoms with Crippen LogP contribution in [-0.4, -0.2) is 26.3 Å². The molecule has 0 fully saturated rings. The van der Waals surface area contributed by atoms with Gasteiger partial charge in [-0.1, -0.05) is 23.4 Å². The predicted molar refractivity (Wildman–Crippen MR) is 84.1 cm³/mol. The van der Waals surface area contributed by atoms with Crippen LogP contribution >= 0.6 is 0 Å². The Labute approximate surface area is 137 Å². The molecule has 0 aliphatic rings. The molecule has 7 nitrogen and oxygen atoms in total.